The molecule has 0 aliphatic carbocycles. The Morgan fingerprint density at radius 3 is 2.71 bits per heavy atom. The molecule has 7 nitrogen and oxygen atoms in total. The highest BCUT2D eigenvalue weighted by atomic mass is 32.2. The van der Waals surface area contributed by atoms with E-state index in [1.807, 2.05) is 31.2 Å². The molecule has 0 radical (unpaired) electrons. The lowest BCUT2D eigenvalue weighted by Crippen LogP contribution is -1.98. The number of nitrogens with zero attached hydrogens (tertiary/aromatic N) is 6. The summed E-state index contributed by atoms with van der Waals surface area (Å²) in [6.07, 6.45) is 0. The van der Waals surface area contributed by atoms with Crippen LogP contribution in [0.25, 0.3) is 27.9 Å². The molecule has 0 spiro atoms. The molecule has 3 aromatic heterocycles. The standard InChI is InChI=1S/C19H13FN6OS/c1-11-21-18-14-4-2-3-5-15(14)22-19(26(18)24-11)28-10-16-23-17(25-27-16)12-6-8-13(20)9-7-12/h2-9H,10H2,1H3. The Balaban J connectivity index is 1.45. The molecule has 5 rings (SSSR count). The number of aromatic nitrogens is 6. The number of fused-ring (bicyclic) bond motifs is 3. The molecule has 0 unspecified atom stereocenters. The largest absolute Gasteiger partial charge is 0.338 e. The molecular weight excluding hydrogens is 379 g/mol. The zero-order chi connectivity index (χ0) is 19.1. The number of aryl methyl sites for hydroxylation is 1. The average Bonchev–Trinajstić information content (AvgIpc) is 3.33. The van der Waals surface area contributed by atoms with Crippen molar-refractivity contribution in [1.82, 2.24) is 29.7 Å². The fourth-order valence-corrected chi connectivity index (χ4v) is 3.67. The molecule has 9 heteroatoms. The lowest BCUT2D eigenvalue weighted by atomic mass is 10.2. The summed E-state index contributed by atoms with van der Waals surface area (Å²) in [7, 11) is 0. The van der Waals surface area contributed by atoms with Crippen LogP contribution in [-0.2, 0) is 5.75 Å². The second kappa shape index (κ2) is 6.68. The summed E-state index contributed by atoms with van der Waals surface area (Å²) in [6.45, 7) is 1.85. The van der Waals surface area contributed by atoms with Crippen molar-refractivity contribution in [1.29, 1.82) is 0 Å². The summed E-state index contributed by atoms with van der Waals surface area (Å²) in [6, 6.07) is 13.8. The van der Waals surface area contributed by atoms with Crippen molar-refractivity contribution in [2.75, 3.05) is 0 Å². The number of para-hydroxylation sites is 1. The smallest absolute Gasteiger partial charge is 0.237 e. The number of thioether (sulfide) groups is 1. The maximum Gasteiger partial charge on any atom is 0.237 e. The number of benzene rings is 2. The van der Waals surface area contributed by atoms with Crippen molar-refractivity contribution in [3.05, 3.63) is 66.1 Å². The average molecular weight is 392 g/mol. The van der Waals surface area contributed by atoms with E-state index in [4.69, 9.17) is 9.51 Å². The summed E-state index contributed by atoms with van der Waals surface area (Å²) >= 11 is 1.44. The Labute approximate surface area is 162 Å². The van der Waals surface area contributed by atoms with Gasteiger partial charge in [-0.2, -0.15) is 9.50 Å². The SMILES string of the molecule is Cc1nc2c3ccccc3nc(SCc3nc(-c4ccc(F)cc4)no3)n2n1. The Morgan fingerprint density at radius 1 is 1.04 bits per heavy atom. The molecule has 0 aliphatic rings. The van der Waals surface area contributed by atoms with E-state index in [0.717, 1.165) is 16.6 Å². The highest BCUT2D eigenvalue weighted by molar-refractivity contribution is 7.98. The summed E-state index contributed by atoms with van der Waals surface area (Å²) < 4.78 is 20.1. The Hall–Kier alpha value is -3.33. The van der Waals surface area contributed by atoms with Crippen LogP contribution in [0.3, 0.4) is 0 Å². The van der Waals surface area contributed by atoms with Crippen LogP contribution in [-0.4, -0.2) is 29.7 Å². The maximum absolute atomic E-state index is 13.1. The van der Waals surface area contributed by atoms with E-state index >= 15 is 0 Å². The second-order valence-electron chi connectivity index (χ2n) is 6.11. The zero-order valence-corrected chi connectivity index (χ0v) is 15.5. The summed E-state index contributed by atoms with van der Waals surface area (Å²) in [5.41, 5.74) is 2.31. The van der Waals surface area contributed by atoms with Crippen LogP contribution in [0, 0.1) is 12.7 Å². The third-order valence-electron chi connectivity index (χ3n) is 4.15. The van der Waals surface area contributed by atoms with Gasteiger partial charge in [0.15, 0.2) is 10.8 Å². The highest BCUT2D eigenvalue weighted by Crippen LogP contribution is 2.26. The van der Waals surface area contributed by atoms with E-state index in [9.17, 15) is 4.39 Å². The van der Waals surface area contributed by atoms with Gasteiger partial charge in [-0.1, -0.05) is 29.1 Å². The van der Waals surface area contributed by atoms with Crippen molar-refractivity contribution in [3.63, 3.8) is 0 Å². The first-order valence-electron chi connectivity index (χ1n) is 8.51. The quantitative estimate of drug-likeness (QED) is 0.337. The van der Waals surface area contributed by atoms with Crippen LogP contribution in [0.5, 0.6) is 0 Å². The summed E-state index contributed by atoms with van der Waals surface area (Å²) in [4.78, 5) is 13.6. The molecule has 138 valence electrons. The molecule has 28 heavy (non-hydrogen) atoms. The minimum atomic E-state index is -0.308. The fraction of sp³-hybridized carbons (Fsp3) is 0.105. The van der Waals surface area contributed by atoms with Gasteiger partial charge in [-0.05, 0) is 43.3 Å². The molecule has 3 heterocycles. The van der Waals surface area contributed by atoms with Gasteiger partial charge >= 0.3 is 0 Å². The molecule has 2 aromatic carbocycles. The van der Waals surface area contributed by atoms with Gasteiger partial charge in [-0.25, -0.2) is 14.4 Å². The first kappa shape index (κ1) is 16.8. The zero-order valence-electron chi connectivity index (χ0n) is 14.7. The van der Waals surface area contributed by atoms with Gasteiger partial charge in [0.1, 0.15) is 11.6 Å². The topological polar surface area (TPSA) is 82.0 Å². The number of rotatable bonds is 4. The second-order valence-corrected chi connectivity index (χ2v) is 7.06. The third kappa shape index (κ3) is 2.99. The van der Waals surface area contributed by atoms with E-state index in [1.165, 1.54) is 23.9 Å². The van der Waals surface area contributed by atoms with E-state index in [-0.39, 0.29) is 5.82 Å². The Bertz CT molecular complexity index is 1300. The minimum Gasteiger partial charge on any atom is -0.338 e. The first-order valence-corrected chi connectivity index (χ1v) is 9.49. The fourth-order valence-electron chi connectivity index (χ4n) is 2.88. The molecule has 5 aromatic rings. The Morgan fingerprint density at radius 2 is 1.86 bits per heavy atom. The van der Waals surface area contributed by atoms with Crippen LogP contribution < -0.4 is 0 Å². The van der Waals surface area contributed by atoms with Crippen molar-refractivity contribution >= 4 is 28.3 Å². The predicted octanol–water partition coefficient (Wildman–Crippen LogP) is 4.07. The van der Waals surface area contributed by atoms with Gasteiger partial charge < -0.3 is 4.52 Å². The van der Waals surface area contributed by atoms with Gasteiger partial charge in [0, 0.05) is 10.9 Å². The van der Waals surface area contributed by atoms with Gasteiger partial charge in [0.2, 0.25) is 11.7 Å². The molecule has 0 saturated heterocycles. The third-order valence-corrected chi connectivity index (χ3v) is 5.06. The lowest BCUT2D eigenvalue weighted by Gasteiger charge is -2.04. The van der Waals surface area contributed by atoms with Crippen molar-refractivity contribution in [2.45, 2.75) is 17.8 Å². The molecule has 0 atom stereocenters. The molecular formula is C19H13FN6OS. The van der Waals surface area contributed by atoms with Crippen molar-refractivity contribution < 1.29 is 8.91 Å². The molecule has 0 fully saturated rings. The number of hydrogen-bond acceptors (Lipinski definition) is 7. The van der Waals surface area contributed by atoms with Crippen LogP contribution in [0.4, 0.5) is 4.39 Å². The van der Waals surface area contributed by atoms with Crippen LogP contribution in [0.2, 0.25) is 0 Å². The summed E-state index contributed by atoms with van der Waals surface area (Å²) in [5.74, 6) is 1.66. The van der Waals surface area contributed by atoms with Gasteiger partial charge in [0.05, 0.1) is 11.3 Å². The normalized spacial score (nSPS) is 11.5. The molecule has 0 aliphatic heterocycles. The van der Waals surface area contributed by atoms with Crippen molar-refractivity contribution in [3.8, 4) is 11.4 Å². The number of hydrogen-bond donors (Lipinski definition) is 0. The van der Waals surface area contributed by atoms with Crippen LogP contribution in [0.15, 0.2) is 58.2 Å². The lowest BCUT2D eigenvalue weighted by molar-refractivity contribution is 0.391. The van der Waals surface area contributed by atoms with Gasteiger partial charge in [-0.15, -0.1) is 5.10 Å². The van der Waals surface area contributed by atoms with E-state index in [0.29, 0.717) is 34.0 Å². The van der Waals surface area contributed by atoms with Gasteiger partial charge in [0.25, 0.3) is 0 Å². The maximum atomic E-state index is 13.1. The summed E-state index contributed by atoms with van der Waals surface area (Å²) in [5, 5.41) is 10.1. The van der Waals surface area contributed by atoms with E-state index in [1.54, 1.807) is 16.6 Å². The minimum absolute atomic E-state index is 0.308. The molecule has 0 bridgehead atoms. The van der Waals surface area contributed by atoms with Crippen molar-refractivity contribution in [2.24, 2.45) is 0 Å². The van der Waals surface area contributed by atoms with E-state index < -0.39 is 0 Å². The molecule has 0 amide bonds. The predicted molar refractivity (Wildman–Crippen MR) is 102 cm³/mol. The van der Waals surface area contributed by atoms with Crippen LogP contribution in [0.1, 0.15) is 11.7 Å². The highest BCUT2D eigenvalue weighted by Gasteiger charge is 2.15. The van der Waals surface area contributed by atoms with Crippen LogP contribution >= 0.6 is 11.8 Å². The molecule has 0 N–H and O–H groups in total. The first-order chi connectivity index (χ1) is 13.7. The molecule has 0 saturated carbocycles. The van der Waals surface area contributed by atoms with Gasteiger partial charge in [-0.3, -0.25) is 0 Å². The van der Waals surface area contributed by atoms with E-state index in [2.05, 4.69) is 20.2 Å². The Kier molecular flexibility index (Phi) is 4.01. The number of halogens is 1. The monoisotopic (exact) mass is 392 g/mol.